The van der Waals surface area contributed by atoms with E-state index in [1.54, 1.807) is 13.2 Å². The quantitative estimate of drug-likeness (QED) is 0.821. The van der Waals surface area contributed by atoms with Crippen LogP contribution in [0.3, 0.4) is 0 Å². The molecular formula is C12H16N6. The zero-order valence-electron chi connectivity index (χ0n) is 10.4. The van der Waals surface area contributed by atoms with Crippen LogP contribution in [0.1, 0.15) is 24.2 Å². The van der Waals surface area contributed by atoms with E-state index in [4.69, 9.17) is 0 Å². The zero-order chi connectivity index (χ0) is 12.4. The normalized spacial score (nSPS) is 18.7. The minimum atomic E-state index is -0.145. The molecule has 2 aromatic rings. The minimum Gasteiger partial charge on any atom is -0.317 e. The summed E-state index contributed by atoms with van der Waals surface area (Å²) in [6.45, 7) is 1.93. The van der Waals surface area contributed by atoms with Crippen molar-refractivity contribution in [2.24, 2.45) is 7.05 Å². The second-order valence-electron chi connectivity index (χ2n) is 4.68. The summed E-state index contributed by atoms with van der Waals surface area (Å²) in [5, 5.41) is 16.0. The molecule has 6 heteroatoms. The van der Waals surface area contributed by atoms with Crippen LogP contribution in [-0.4, -0.2) is 38.3 Å². The number of tetrazole rings is 1. The van der Waals surface area contributed by atoms with E-state index in [9.17, 15) is 0 Å². The molecule has 1 saturated heterocycles. The summed E-state index contributed by atoms with van der Waals surface area (Å²) >= 11 is 0. The van der Waals surface area contributed by atoms with Crippen molar-refractivity contribution in [1.82, 2.24) is 30.5 Å². The lowest BCUT2D eigenvalue weighted by Gasteiger charge is -2.35. The van der Waals surface area contributed by atoms with Crippen molar-refractivity contribution in [2.75, 3.05) is 13.1 Å². The average molecular weight is 244 g/mol. The molecule has 0 amide bonds. The summed E-state index contributed by atoms with van der Waals surface area (Å²) in [4.78, 5) is 5.76. The lowest BCUT2D eigenvalue weighted by Crippen LogP contribution is -2.41. The Bertz CT molecular complexity index is 514. The van der Waals surface area contributed by atoms with Gasteiger partial charge in [0, 0.05) is 12.4 Å². The number of hydrogen-bond donors (Lipinski definition) is 1. The Morgan fingerprint density at radius 2 is 2.17 bits per heavy atom. The Balaban J connectivity index is 2.09. The van der Waals surface area contributed by atoms with Gasteiger partial charge in [0.1, 0.15) is 0 Å². The first-order chi connectivity index (χ1) is 8.81. The summed E-state index contributed by atoms with van der Waals surface area (Å²) in [6, 6.07) is 4.07. The minimum absolute atomic E-state index is 0.145. The highest BCUT2D eigenvalue weighted by Crippen LogP contribution is 2.37. The molecule has 0 spiro atoms. The zero-order valence-corrected chi connectivity index (χ0v) is 10.4. The molecule has 1 fully saturated rings. The summed E-state index contributed by atoms with van der Waals surface area (Å²) in [6.07, 6.45) is 5.67. The van der Waals surface area contributed by atoms with Crippen LogP contribution >= 0.6 is 0 Å². The number of aryl methyl sites for hydroxylation is 1. The van der Waals surface area contributed by atoms with Gasteiger partial charge in [-0.05, 0) is 42.8 Å². The highest BCUT2D eigenvalue weighted by Gasteiger charge is 2.39. The highest BCUT2D eigenvalue weighted by atomic mass is 15.6. The van der Waals surface area contributed by atoms with Gasteiger partial charge in [-0.2, -0.15) is 4.80 Å². The first kappa shape index (κ1) is 11.3. The molecule has 94 valence electrons. The Morgan fingerprint density at radius 3 is 2.78 bits per heavy atom. The van der Waals surface area contributed by atoms with Crippen molar-refractivity contribution < 1.29 is 0 Å². The van der Waals surface area contributed by atoms with Crippen LogP contribution in [0.5, 0.6) is 0 Å². The fourth-order valence-corrected chi connectivity index (χ4v) is 2.62. The predicted octanol–water partition coefficient (Wildman–Crippen LogP) is 0.275. The van der Waals surface area contributed by atoms with E-state index in [1.807, 2.05) is 12.3 Å². The van der Waals surface area contributed by atoms with Gasteiger partial charge >= 0.3 is 0 Å². The molecule has 6 nitrogen and oxygen atoms in total. The van der Waals surface area contributed by atoms with Crippen LogP contribution in [0.25, 0.3) is 0 Å². The van der Waals surface area contributed by atoms with Gasteiger partial charge in [0.2, 0.25) is 0 Å². The standard InChI is InChI=1S/C12H16N6/c1-18-16-11(15-17-18)12(4-7-13-8-5-12)10-3-2-6-14-9-10/h2-3,6,9,13H,4-5,7-8H2,1H3. The molecule has 0 radical (unpaired) electrons. The molecule has 1 aliphatic rings. The summed E-state index contributed by atoms with van der Waals surface area (Å²) < 4.78 is 0. The number of rotatable bonds is 2. The first-order valence-corrected chi connectivity index (χ1v) is 6.17. The largest absolute Gasteiger partial charge is 0.317 e. The summed E-state index contributed by atoms with van der Waals surface area (Å²) in [7, 11) is 1.80. The van der Waals surface area contributed by atoms with Gasteiger partial charge in [0.15, 0.2) is 5.82 Å². The highest BCUT2D eigenvalue weighted by molar-refractivity contribution is 5.31. The van der Waals surface area contributed by atoms with E-state index in [0.717, 1.165) is 31.8 Å². The molecule has 0 aromatic carbocycles. The van der Waals surface area contributed by atoms with Gasteiger partial charge in [0.25, 0.3) is 0 Å². The lowest BCUT2D eigenvalue weighted by atomic mass is 9.73. The molecule has 1 aliphatic heterocycles. The molecular weight excluding hydrogens is 228 g/mol. The van der Waals surface area contributed by atoms with Gasteiger partial charge in [-0.3, -0.25) is 4.98 Å². The molecule has 2 aromatic heterocycles. The predicted molar refractivity (Wildman–Crippen MR) is 65.9 cm³/mol. The van der Waals surface area contributed by atoms with E-state index in [2.05, 4.69) is 31.8 Å². The van der Waals surface area contributed by atoms with Crippen molar-refractivity contribution in [3.05, 3.63) is 35.9 Å². The van der Waals surface area contributed by atoms with Crippen molar-refractivity contribution in [1.29, 1.82) is 0 Å². The van der Waals surface area contributed by atoms with Crippen LogP contribution in [0.2, 0.25) is 0 Å². The Hall–Kier alpha value is -1.82. The van der Waals surface area contributed by atoms with Crippen LogP contribution < -0.4 is 5.32 Å². The van der Waals surface area contributed by atoms with Gasteiger partial charge in [-0.1, -0.05) is 6.07 Å². The number of nitrogens with zero attached hydrogens (tertiary/aromatic N) is 5. The molecule has 1 N–H and O–H groups in total. The fraction of sp³-hybridized carbons (Fsp3) is 0.500. The maximum absolute atomic E-state index is 4.42. The van der Waals surface area contributed by atoms with E-state index in [-0.39, 0.29) is 5.41 Å². The number of nitrogens with one attached hydrogen (secondary N) is 1. The third kappa shape index (κ3) is 1.78. The monoisotopic (exact) mass is 244 g/mol. The Kier molecular flexibility index (Phi) is 2.79. The van der Waals surface area contributed by atoms with Gasteiger partial charge < -0.3 is 5.32 Å². The van der Waals surface area contributed by atoms with Crippen molar-refractivity contribution in [3.8, 4) is 0 Å². The van der Waals surface area contributed by atoms with Gasteiger partial charge in [0.05, 0.1) is 12.5 Å². The second-order valence-corrected chi connectivity index (χ2v) is 4.68. The number of hydrogen-bond acceptors (Lipinski definition) is 5. The maximum atomic E-state index is 4.42. The van der Waals surface area contributed by atoms with Crippen molar-refractivity contribution in [2.45, 2.75) is 18.3 Å². The molecule has 3 rings (SSSR count). The molecule has 0 bridgehead atoms. The van der Waals surface area contributed by atoms with Gasteiger partial charge in [-0.25, -0.2) is 0 Å². The molecule has 0 saturated carbocycles. The van der Waals surface area contributed by atoms with Gasteiger partial charge in [-0.15, -0.1) is 10.2 Å². The number of pyridine rings is 1. The average Bonchev–Trinajstić information content (AvgIpc) is 2.88. The third-order valence-electron chi connectivity index (χ3n) is 3.61. The van der Waals surface area contributed by atoms with E-state index in [0.29, 0.717) is 0 Å². The topological polar surface area (TPSA) is 68.5 Å². The maximum Gasteiger partial charge on any atom is 0.185 e. The van der Waals surface area contributed by atoms with Crippen LogP contribution in [-0.2, 0) is 12.5 Å². The summed E-state index contributed by atoms with van der Waals surface area (Å²) in [5.41, 5.74) is 1.04. The second kappa shape index (κ2) is 4.45. The van der Waals surface area contributed by atoms with E-state index >= 15 is 0 Å². The van der Waals surface area contributed by atoms with Crippen molar-refractivity contribution in [3.63, 3.8) is 0 Å². The van der Waals surface area contributed by atoms with Crippen LogP contribution in [0, 0.1) is 0 Å². The molecule has 0 atom stereocenters. The van der Waals surface area contributed by atoms with Crippen LogP contribution in [0.15, 0.2) is 24.5 Å². The first-order valence-electron chi connectivity index (χ1n) is 6.17. The van der Waals surface area contributed by atoms with Crippen molar-refractivity contribution >= 4 is 0 Å². The van der Waals surface area contributed by atoms with Crippen LogP contribution in [0.4, 0.5) is 0 Å². The smallest absolute Gasteiger partial charge is 0.185 e. The SMILES string of the molecule is Cn1nnc(C2(c3cccnc3)CCNCC2)n1. The third-order valence-corrected chi connectivity index (χ3v) is 3.61. The molecule has 0 aliphatic carbocycles. The van der Waals surface area contributed by atoms with E-state index in [1.165, 1.54) is 10.4 Å². The summed E-state index contributed by atoms with van der Waals surface area (Å²) in [5.74, 6) is 0.805. The fourth-order valence-electron chi connectivity index (χ4n) is 2.62. The number of piperidine rings is 1. The molecule has 0 unspecified atom stereocenters. The van der Waals surface area contributed by atoms with E-state index < -0.39 is 0 Å². The molecule has 3 heterocycles. The Labute approximate surface area is 105 Å². The molecule has 18 heavy (non-hydrogen) atoms. The lowest BCUT2D eigenvalue weighted by molar-refractivity contribution is 0.344. The number of aromatic nitrogens is 5. The Morgan fingerprint density at radius 1 is 1.33 bits per heavy atom.